The highest BCUT2D eigenvalue weighted by Gasteiger charge is 2.15. The van der Waals surface area contributed by atoms with Crippen LogP contribution in [0.2, 0.25) is 19.1 Å². The summed E-state index contributed by atoms with van der Waals surface area (Å²) in [5, 5.41) is 0. The van der Waals surface area contributed by atoms with Gasteiger partial charge in [0, 0.05) is 0 Å². The molecule has 178 valence electrons. The molecule has 0 aliphatic carbocycles. The van der Waals surface area contributed by atoms with Gasteiger partial charge < -0.3 is 0 Å². The highest BCUT2D eigenvalue weighted by Crippen LogP contribution is 2.19. The third-order valence-corrected chi connectivity index (χ3v) is 8.22. The van der Waals surface area contributed by atoms with E-state index in [1.165, 1.54) is 134 Å². The SMILES string of the molecule is C[Si](C)(Cl)CCCCCCCCCCCCCCCCCCCCCCCN=C=O. The number of carbonyl (C=O) groups excluding carboxylic acids is 1. The lowest BCUT2D eigenvalue weighted by atomic mass is 10.0. The lowest BCUT2D eigenvalue weighted by Gasteiger charge is -2.11. The molecule has 0 saturated heterocycles. The zero-order valence-electron chi connectivity index (χ0n) is 20.5. The van der Waals surface area contributed by atoms with Crippen molar-refractivity contribution >= 4 is 24.5 Å². The topological polar surface area (TPSA) is 29.4 Å². The zero-order chi connectivity index (χ0) is 22.2. The first-order chi connectivity index (χ1) is 14.6. The normalized spacial score (nSPS) is 11.6. The molecule has 0 heterocycles. The van der Waals surface area contributed by atoms with Crippen molar-refractivity contribution in [3.05, 3.63) is 0 Å². The van der Waals surface area contributed by atoms with Crippen LogP contribution in [0.3, 0.4) is 0 Å². The molecule has 4 heteroatoms. The van der Waals surface area contributed by atoms with E-state index in [1.807, 2.05) is 0 Å². The Morgan fingerprint density at radius 1 is 0.533 bits per heavy atom. The quantitative estimate of drug-likeness (QED) is 0.0465. The first kappa shape index (κ1) is 29.9. The fourth-order valence-corrected chi connectivity index (χ4v) is 5.63. The second-order valence-electron chi connectivity index (χ2n) is 9.87. The Hall–Kier alpha value is -0.113. The van der Waals surface area contributed by atoms with E-state index < -0.39 is 7.38 Å². The maximum Gasteiger partial charge on any atom is 0.234 e. The lowest BCUT2D eigenvalue weighted by molar-refractivity contribution is 0.520. The van der Waals surface area contributed by atoms with Crippen LogP contribution in [0.25, 0.3) is 0 Å². The van der Waals surface area contributed by atoms with Crippen LogP contribution in [0.5, 0.6) is 0 Å². The van der Waals surface area contributed by atoms with Gasteiger partial charge in [-0.3, -0.25) is 0 Å². The van der Waals surface area contributed by atoms with Crippen LogP contribution in [0, 0.1) is 0 Å². The number of nitrogens with zero attached hydrogens (tertiary/aromatic N) is 1. The zero-order valence-corrected chi connectivity index (χ0v) is 22.3. The molecule has 0 aromatic rings. The Morgan fingerprint density at radius 2 is 0.800 bits per heavy atom. The summed E-state index contributed by atoms with van der Waals surface area (Å²) in [6, 6.07) is 1.29. The van der Waals surface area contributed by atoms with Crippen LogP contribution in [-0.4, -0.2) is 20.0 Å². The molecule has 0 fully saturated rings. The molecule has 2 nitrogen and oxygen atoms in total. The molecule has 0 rings (SSSR count). The molecule has 0 amide bonds. The summed E-state index contributed by atoms with van der Waals surface area (Å²) < 4.78 is 0. The minimum absolute atomic E-state index is 0.666. The smallest absolute Gasteiger partial charge is 0.211 e. The third-order valence-electron chi connectivity index (χ3n) is 6.11. The average Bonchev–Trinajstić information content (AvgIpc) is 2.70. The van der Waals surface area contributed by atoms with Gasteiger partial charge in [-0.15, -0.1) is 0 Å². The number of aliphatic imine (C=N–C) groups is 1. The standard InChI is InChI=1S/C26H52ClNOSi/c1-30(2,27)25-23-21-19-17-15-13-11-9-7-5-3-4-6-8-10-12-14-16-18-20-22-24-28-26-29/h3-25H2,1-2H3. The average molecular weight is 458 g/mol. The minimum Gasteiger partial charge on any atom is -0.211 e. The summed E-state index contributed by atoms with van der Waals surface area (Å²) in [7, 11) is -1.31. The Bertz CT molecular complexity index is 391. The fraction of sp³-hybridized carbons (Fsp3) is 0.962. The summed E-state index contributed by atoms with van der Waals surface area (Å²) >= 11 is 6.36. The van der Waals surface area contributed by atoms with E-state index in [0.717, 1.165) is 6.42 Å². The highest BCUT2D eigenvalue weighted by molar-refractivity contribution is 7.19. The second-order valence-corrected chi connectivity index (χ2v) is 16.9. The summed E-state index contributed by atoms with van der Waals surface area (Å²) in [4.78, 5) is 13.5. The molecule has 0 radical (unpaired) electrons. The number of unbranched alkanes of at least 4 members (excludes halogenated alkanes) is 20. The molecule has 0 unspecified atom stereocenters. The first-order valence-corrected chi connectivity index (χ1v) is 17.5. The number of hydrogen-bond acceptors (Lipinski definition) is 2. The lowest BCUT2D eigenvalue weighted by Crippen LogP contribution is -2.14. The van der Waals surface area contributed by atoms with Crippen LogP contribution in [-0.2, 0) is 4.79 Å². The van der Waals surface area contributed by atoms with E-state index in [2.05, 4.69) is 18.1 Å². The van der Waals surface area contributed by atoms with Crippen molar-refractivity contribution in [2.24, 2.45) is 4.99 Å². The monoisotopic (exact) mass is 457 g/mol. The van der Waals surface area contributed by atoms with Gasteiger partial charge in [-0.05, 0) is 12.5 Å². The van der Waals surface area contributed by atoms with Gasteiger partial charge in [0.2, 0.25) is 6.08 Å². The van der Waals surface area contributed by atoms with Gasteiger partial charge in [-0.2, -0.15) is 11.1 Å². The third kappa shape index (κ3) is 27.9. The van der Waals surface area contributed by atoms with Gasteiger partial charge in [0.1, 0.15) is 7.38 Å². The summed E-state index contributed by atoms with van der Waals surface area (Å²) in [6.07, 6.45) is 30.7. The number of rotatable bonds is 24. The molecule has 0 aromatic heterocycles. The van der Waals surface area contributed by atoms with E-state index in [9.17, 15) is 4.79 Å². The molecular formula is C26H52ClNOSi. The molecular weight excluding hydrogens is 406 g/mol. The van der Waals surface area contributed by atoms with Crippen molar-refractivity contribution in [2.45, 2.75) is 154 Å². The van der Waals surface area contributed by atoms with Crippen molar-refractivity contribution in [2.75, 3.05) is 6.54 Å². The van der Waals surface area contributed by atoms with Crippen LogP contribution < -0.4 is 0 Å². The van der Waals surface area contributed by atoms with Gasteiger partial charge in [-0.25, -0.2) is 9.79 Å². The molecule has 0 aliphatic heterocycles. The Balaban J connectivity index is 3.04. The fourth-order valence-electron chi connectivity index (χ4n) is 4.14. The van der Waals surface area contributed by atoms with Crippen LogP contribution in [0.15, 0.2) is 4.99 Å². The van der Waals surface area contributed by atoms with Gasteiger partial charge >= 0.3 is 0 Å². The van der Waals surface area contributed by atoms with Gasteiger partial charge in [0.15, 0.2) is 0 Å². The predicted molar refractivity (Wildman–Crippen MR) is 138 cm³/mol. The molecule has 0 saturated carbocycles. The summed E-state index contributed by atoms with van der Waals surface area (Å²) in [5.41, 5.74) is 0. The Labute approximate surface area is 194 Å². The summed E-state index contributed by atoms with van der Waals surface area (Å²) in [5.74, 6) is 0. The van der Waals surface area contributed by atoms with E-state index in [1.54, 1.807) is 6.08 Å². The predicted octanol–water partition coefficient (Wildman–Crippen LogP) is 9.96. The van der Waals surface area contributed by atoms with Gasteiger partial charge in [-0.1, -0.05) is 142 Å². The van der Waals surface area contributed by atoms with Crippen LogP contribution in [0.4, 0.5) is 0 Å². The molecule has 30 heavy (non-hydrogen) atoms. The molecule has 0 spiro atoms. The van der Waals surface area contributed by atoms with E-state index in [0.29, 0.717) is 6.54 Å². The van der Waals surface area contributed by atoms with Crippen LogP contribution in [0.1, 0.15) is 135 Å². The second kappa shape index (κ2) is 23.5. The maximum atomic E-state index is 9.95. The summed E-state index contributed by atoms with van der Waals surface area (Å²) in [6.45, 7) is 5.19. The Kier molecular flexibility index (Phi) is 23.5. The first-order valence-electron chi connectivity index (χ1n) is 13.3. The number of hydrogen-bond donors (Lipinski definition) is 0. The Morgan fingerprint density at radius 3 is 1.07 bits per heavy atom. The van der Waals surface area contributed by atoms with E-state index in [-0.39, 0.29) is 0 Å². The highest BCUT2D eigenvalue weighted by atomic mass is 35.6. The van der Waals surface area contributed by atoms with E-state index in [4.69, 9.17) is 11.1 Å². The maximum absolute atomic E-state index is 9.95. The number of isocyanates is 1. The number of halogens is 1. The van der Waals surface area contributed by atoms with Crippen molar-refractivity contribution in [3.63, 3.8) is 0 Å². The van der Waals surface area contributed by atoms with Crippen molar-refractivity contribution in [1.82, 2.24) is 0 Å². The van der Waals surface area contributed by atoms with Gasteiger partial charge in [0.25, 0.3) is 0 Å². The molecule has 0 N–H and O–H groups in total. The minimum atomic E-state index is -1.31. The van der Waals surface area contributed by atoms with Crippen molar-refractivity contribution in [1.29, 1.82) is 0 Å². The molecule has 0 aromatic carbocycles. The van der Waals surface area contributed by atoms with Crippen molar-refractivity contribution in [3.8, 4) is 0 Å². The molecule has 0 atom stereocenters. The largest absolute Gasteiger partial charge is 0.234 e. The van der Waals surface area contributed by atoms with Gasteiger partial charge in [0.05, 0.1) is 6.54 Å². The van der Waals surface area contributed by atoms with Crippen LogP contribution >= 0.6 is 11.1 Å². The van der Waals surface area contributed by atoms with Crippen molar-refractivity contribution < 1.29 is 4.79 Å². The molecule has 0 bridgehead atoms. The molecule has 0 aliphatic rings. The van der Waals surface area contributed by atoms with E-state index >= 15 is 0 Å².